The zero-order valence-electron chi connectivity index (χ0n) is 9.73. The lowest BCUT2D eigenvalue weighted by atomic mass is 10.1. The fourth-order valence-corrected chi connectivity index (χ4v) is 2.28. The molecule has 1 heterocycles. The number of carbonyl (C=O) groups is 1. The average molecular weight is 225 g/mol. The highest BCUT2D eigenvalue weighted by Gasteiger charge is 2.23. The van der Waals surface area contributed by atoms with Crippen LogP contribution in [0.4, 0.5) is 0 Å². The third-order valence-corrected chi connectivity index (χ3v) is 3.45. The van der Waals surface area contributed by atoms with Crippen LogP contribution < -0.4 is 0 Å². The molecule has 2 heteroatoms. The van der Waals surface area contributed by atoms with Crippen LogP contribution in [-0.4, -0.2) is 10.9 Å². The molecule has 17 heavy (non-hydrogen) atoms. The monoisotopic (exact) mass is 225 g/mol. The van der Waals surface area contributed by atoms with Gasteiger partial charge < -0.3 is 4.57 Å². The summed E-state index contributed by atoms with van der Waals surface area (Å²) in [6.07, 6.45) is 5.38. The van der Waals surface area contributed by atoms with Gasteiger partial charge in [-0.3, -0.25) is 4.79 Å². The first kappa shape index (κ1) is 10.3. The number of hydrogen-bond donors (Lipinski definition) is 0. The first-order valence-electron chi connectivity index (χ1n) is 6.02. The third kappa shape index (κ3) is 1.80. The summed E-state index contributed by atoms with van der Waals surface area (Å²) in [7, 11) is 0. The number of aldehydes is 1. The van der Waals surface area contributed by atoms with Gasteiger partial charge in [-0.15, -0.1) is 0 Å². The minimum Gasteiger partial charge on any atom is -0.338 e. The summed E-state index contributed by atoms with van der Waals surface area (Å²) >= 11 is 0. The summed E-state index contributed by atoms with van der Waals surface area (Å²) in [5.74, 6) is 0.761. The molecule has 1 aromatic heterocycles. The van der Waals surface area contributed by atoms with E-state index in [2.05, 4.69) is 23.3 Å². The Morgan fingerprint density at radius 2 is 2.18 bits per heavy atom. The van der Waals surface area contributed by atoms with Crippen LogP contribution in [0.2, 0.25) is 0 Å². The molecule has 0 atom stereocenters. The number of nitrogens with zero attached hydrogens (tertiary/aromatic N) is 1. The van der Waals surface area contributed by atoms with Crippen molar-refractivity contribution in [3.05, 3.63) is 42.1 Å². The van der Waals surface area contributed by atoms with E-state index < -0.39 is 0 Å². The Labute approximate surface area is 101 Å². The Hall–Kier alpha value is -1.83. The molecule has 0 aliphatic heterocycles. The molecular weight excluding hydrogens is 210 g/mol. The molecule has 1 aliphatic carbocycles. The van der Waals surface area contributed by atoms with Crippen molar-refractivity contribution in [2.45, 2.75) is 19.4 Å². The molecule has 0 spiro atoms. The highest BCUT2D eigenvalue weighted by Crippen LogP contribution is 2.33. The van der Waals surface area contributed by atoms with Crippen LogP contribution >= 0.6 is 0 Å². The average Bonchev–Trinajstić information content (AvgIpc) is 3.11. The Morgan fingerprint density at radius 3 is 2.82 bits per heavy atom. The summed E-state index contributed by atoms with van der Waals surface area (Å²) < 4.78 is 2.15. The van der Waals surface area contributed by atoms with E-state index in [1.165, 1.54) is 12.8 Å². The Bertz CT molecular complexity index is 590. The number of hydrogen-bond acceptors (Lipinski definition) is 1. The number of carbonyl (C=O) groups excluding carboxylic acids is 1. The predicted octanol–water partition coefficient (Wildman–Crippen LogP) is 3.51. The van der Waals surface area contributed by atoms with Gasteiger partial charge >= 0.3 is 0 Å². The first-order valence-corrected chi connectivity index (χ1v) is 6.02. The number of benzene rings is 1. The van der Waals surface area contributed by atoms with Crippen molar-refractivity contribution in [3.63, 3.8) is 0 Å². The Morgan fingerprint density at radius 1 is 1.35 bits per heavy atom. The van der Waals surface area contributed by atoms with E-state index >= 15 is 0 Å². The summed E-state index contributed by atoms with van der Waals surface area (Å²) in [6, 6.07) is 8.17. The second-order valence-corrected chi connectivity index (χ2v) is 4.76. The van der Waals surface area contributed by atoms with Crippen molar-refractivity contribution >= 4 is 23.3 Å². The minimum absolute atomic E-state index is 0.761. The topological polar surface area (TPSA) is 22.0 Å². The van der Waals surface area contributed by atoms with Crippen LogP contribution in [0, 0.1) is 5.92 Å². The molecular formula is C15H15NO. The molecule has 2 aromatic rings. The van der Waals surface area contributed by atoms with E-state index in [1.807, 2.05) is 18.2 Å². The SMILES string of the molecule is C=Cc1ccc2cc(C=O)n(CC3CC3)c2c1. The van der Waals surface area contributed by atoms with Crippen LogP contribution in [0.1, 0.15) is 28.9 Å². The van der Waals surface area contributed by atoms with Crippen molar-refractivity contribution in [1.82, 2.24) is 4.57 Å². The van der Waals surface area contributed by atoms with Gasteiger partial charge in [0.15, 0.2) is 6.29 Å². The second kappa shape index (κ2) is 3.88. The summed E-state index contributed by atoms with van der Waals surface area (Å²) in [5, 5.41) is 1.14. The lowest BCUT2D eigenvalue weighted by molar-refractivity contribution is 0.111. The van der Waals surface area contributed by atoms with Gasteiger partial charge in [0.05, 0.1) is 5.69 Å². The smallest absolute Gasteiger partial charge is 0.166 e. The van der Waals surface area contributed by atoms with Crippen molar-refractivity contribution in [3.8, 4) is 0 Å². The van der Waals surface area contributed by atoms with Gasteiger partial charge in [-0.2, -0.15) is 0 Å². The maximum Gasteiger partial charge on any atom is 0.166 e. The van der Waals surface area contributed by atoms with Crippen molar-refractivity contribution in [2.24, 2.45) is 5.92 Å². The lowest BCUT2D eigenvalue weighted by Gasteiger charge is -2.06. The standard InChI is InChI=1S/C15H15NO/c1-2-11-5-6-13-8-14(10-17)16(15(13)7-11)9-12-3-4-12/h2,5-8,10,12H,1,3-4,9H2. The molecule has 1 aliphatic rings. The summed E-state index contributed by atoms with van der Waals surface area (Å²) in [5.41, 5.74) is 3.04. The van der Waals surface area contributed by atoms with Gasteiger partial charge in [0.25, 0.3) is 0 Å². The van der Waals surface area contributed by atoms with Crippen LogP contribution in [0.3, 0.4) is 0 Å². The highest BCUT2D eigenvalue weighted by molar-refractivity contribution is 5.90. The molecule has 0 saturated heterocycles. The Balaban J connectivity index is 2.18. The summed E-state index contributed by atoms with van der Waals surface area (Å²) in [6.45, 7) is 4.76. The fraction of sp³-hybridized carbons (Fsp3) is 0.267. The quantitative estimate of drug-likeness (QED) is 0.730. The molecule has 1 fully saturated rings. The van der Waals surface area contributed by atoms with Crippen molar-refractivity contribution in [1.29, 1.82) is 0 Å². The normalized spacial score (nSPS) is 15.1. The zero-order valence-corrected chi connectivity index (χ0v) is 9.73. The van der Waals surface area contributed by atoms with E-state index in [0.717, 1.165) is 40.9 Å². The molecule has 1 aromatic carbocycles. The van der Waals surface area contributed by atoms with Crippen molar-refractivity contribution < 1.29 is 4.79 Å². The second-order valence-electron chi connectivity index (χ2n) is 4.76. The van der Waals surface area contributed by atoms with Gasteiger partial charge in [-0.25, -0.2) is 0 Å². The van der Waals surface area contributed by atoms with Gasteiger partial charge in [-0.05, 0) is 36.5 Å². The van der Waals surface area contributed by atoms with Gasteiger partial charge in [0.1, 0.15) is 0 Å². The van der Waals surface area contributed by atoms with Crippen LogP contribution in [-0.2, 0) is 6.54 Å². The predicted molar refractivity (Wildman–Crippen MR) is 70.1 cm³/mol. The number of aromatic nitrogens is 1. The van der Waals surface area contributed by atoms with E-state index in [1.54, 1.807) is 0 Å². The molecule has 0 radical (unpaired) electrons. The maximum atomic E-state index is 11.1. The molecule has 3 rings (SSSR count). The summed E-state index contributed by atoms with van der Waals surface area (Å²) in [4.78, 5) is 11.1. The first-order chi connectivity index (χ1) is 8.31. The largest absolute Gasteiger partial charge is 0.338 e. The van der Waals surface area contributed by atoms with Gasteiger partial charge in [0, 0.05) is 17.4 Å². The van der Waals surface area contributed by atoms with Crippen LogP contribution in [0.25, 0.3) is 17.0 Å². The van der Waals surface area contributed by atoms with E-state index in [0.29, 0.717) is 0 Å². The van der Waals surface area contributed by atoms with Crippen molar-refractivity contribution in [2.75, 3.05) is 0 Å². The zero-order chi connectivity index (χ0) is 11.8. The third-order valence-electron chi connectivity index (χ3n) is 3.45. The fourth-order valence-electron chi connectivity index (χ4n) is 2.28. The highest BCUT2D eigenvalue weighted by atomic mass is 16.1. The lowest BCUT2D eigenvalue weighted by Crippen LogP contribution is -2.03. The van der Waals surface area contributed by atoms with Crippen LogP contribution in [0.15, 0.2) is 30.8 Å². The van der Waals surface area contributed by atoms with Gasteiger partial charge in [-0.1, -0.05) is 24.8 Å². The van der Waals surface area contributed by atoms with Gasteiger partial charge in [0.2, 0.25) is 0 Å². The minimum atomic E-state index is 0.761. The molecule has 1 saturated carbocycles. The number of rotatable bonds is 4. The molecule has 0 N–H and O–H groups in total. The Kier molecular flexibility index (Phi) is 2.36. The van der Waals surface area contributed by atoms with E-state index in [4.69, 9.17) is 0 Å². The van der Waals surface area contributed by atoms with Crippen LogP contribution in [0.5, 0.6) is 0 Å². The molecule has 0 bridgehead atoms. The maximum absolute atomic E-state index is 11.1. The molecule has 86 valence electrons. The molecule has 2 nitrogen and oxygen atoms in total. The number of fused-ring (bicyclic) bond motifs is 1. The van der Waals surface area contributed by atoms with E-state index in [9.17, 15) is 4.79 Å². The van der Waals surface area contributed by atoms with E-state index in [-0.39, 0.29) is 0 Å². The molecule has 0 unspecified atom stereocenters. The molecule has 0 amide bonds.